The molecule has 0 saturated carbocycles. The van der Waals surface area contributed by atoms with E-state index in [9.17, 15) is 17.7 Å². The second kappa shape index (κ2) is 4.75. The van der Waals surface area contributed by atoms with Crippen molar-refractivity contribution in [3.8, 4) is 11.7 Å². The van der Waals surface area contributed by atoms with Crippen molar-refractivity contribution in [3.05, 3.63) is 35.4 Å². The van der Waals surface area contributed by atoms with Gasteiger partial charge >= 0.3 is 12.9 Å². The highest BCUT2D eigenvalue weighted by molar-refractivity contribution is 6.67. The lowest BCUT2D eigenvalue weighted by Gasteiger charge is -2.02. The molecule has 2 nitrogen and oxygen atoms in total. The van der Waals surface area contributed by atoms with Crippen molar-refractivity contribution in [2.24, 2.45) is 0 Å². The van der Waals surface area contributed by atoms with Gasteiger partial charge < -0.3 is 17.7 Å². The molecule has 0 radical (unpaired) electrons. The Morgan fingerprint density at radius 1 is 1.25 bits per heavy atom. The molecular formula is C10H7BF3O2-. The predicted octanol–water partition coefficient (Wildman–Crippen LogP) is 2.21. The van der Waals surface area contributed by atoms with E-state index in [0.29, 0.717) is 0 Å². The van der Waals surface area contributed by atoms with Crippen LogP contribution in [0.2, 0.25) is 0 Å². The zero-order valence-corrected chi connectivity index (χ0v) is 8.34. The quantitative estimate of drug-likeness (QED) is 0.417. The average molecular weight is 227 g/mol. The standard InChI is InChI=1S/C10H7BF3O2/c1-16-10(15)9-4-2-8(3-5-9)6-7-11(12,13)14/h2-5H,1H3/q-1. The molecule has 0 aromatic heterocycles. The molecule has 0 heterocycles. The summed E-state index contributed by atoms with van der Waals surface area (Å²) in [6.07, 6.45) is 0. The third kappa shape index (κ3) is 3.69. The van der Waals surface area contributed by atoms with Gasteiger partial charge in [0.2, 0.25) is 0 Å². The number of hydrogen-bond donors (Lipinski definition) is 0. The van der Waals surface area contributed by atoms with Gasteiger partial charge in [-0.1, -0.05) is 0 Å². The number of benzene rings is 1. The van der Waals surface area contributed by atoms with Gasteiger partial charge in [0.15, 0.2) is 0 Å². The van der Waals surface area contributed by atoms with E-state index in [-0.39, 0.29) is 11.1 Å². The van der Waals surface area contributed by atoms with E-state index in [2.05, 4.69) is 4.74 Å². The molecule has 0 N–H and O–H groups in total. The molecule has 0 aliphatic heterocycles. The Balaban J connectivity index is 2.87. The Kier molecular flexibility index (Phi) is 3.62. The van der Waals surface area contributed by atoms with Crippen molar-refractivity contribution in [2.75, 3.05) is 7.11 Å². The van der Waals surface area contributed by atoms with Gasteiger partial charge in [-0.15, -0.1) is 5.92 Å². The van der Waals surface area contributed by atoms with E-state index in [0.717, 1.165) is 0 Å². The fourth-order valence-corrected chi connectivity index (χ4v) is 0.973. The molecule has 1 aromatic rings. The molecule has 0 aliphatic carbocycles. The van der Waals surface area contributed by atoms with Crippen LogP contribution in [0.5, 0.6) is 0 Å². The molecule has 0 atom stereocenters. The number of carbonyl (C=O) groups is 1. The summed E-state index contributed by atoms with van der Waals surface area (Å²) in [5.41, 5.74) is 0.470. The van der Waals surface area contributed by atoms with Crippen molar-refractivity contribution in [2.45, 2.75) is 0 Å². The molecule has 0 spiro atoms. The van der Waals surface area contributed by atoms with E-state index < -0.39 is 12.9 Å². The van der Waals surface area contributed by atoms with Crippen LogP contribution in [0.1, 0.15) is 15.9 Å². The highest BCUT2D eigenvalue weighted by Crippen LogP contribution is 2.08. The number of halogens is 3. The van der Waals surface area contributed by atoms with E-state index in [1.165, 1.54) is 37.2 Å². The fraction of sp³-hybridized carbons (Fsp3) is 0.100. The average Bonchev–Trinajstić information content (AvgIpc) is 2.25. The summed E-state index contributed by atoms with van der Waals surface area (Å²) in [5.74, 6) is 2.62. The van der Waals surface area contributed by atoms with E-state index >= 15 is 0 Å². The van der Waals surface area contributed by atoms with Gasteiger partial charge in [0.25, 0.3) is 0 Å². The molecule has 0 saturated heterocycles. The van der Waals surface area contributed by atoms with E-state index in [1.54, 1.807) is 0 Å². The predicted molar refractivity (Wildman–Crippen MR) is 53.7 cm³/mol. The molecule has 0 amide bonds. The lowest BCUT2D eigenvalue weighted by atomic mass is 9.93. The van der Waals surface area contributed by atoms with Crippen LogP contribution in [-0.2, 0) is 4.74 Å². The maximum atomic E-state index is 11.8. The molecular weight excluding hydrogens is 220 g/mol. The SMILES string of the molecule is COC(=O)c1ccc(C#C[B-](F)(F)F)cc1. The normalized spacial score (nSPS) is 10.2. The van der Waals surface area contributed by atoms with Crippen LogP contribution in [0, 0.1) is 11.7 Å². The Morgan fingerprint density at radius 3 is 2.25 bits per heavy atom. The maximum absolute atomic E-state index is 11.8. The first-order chi connectivity index (χ1) is 7.42. The van der Waals surface area contributed by atoms with Crippen LogP contribution in [0.15, 0.2) is 24.3 Å². The van der Waals surface area contributed by atoms with Gasteiger partial charge in [0.05, 0.1) is 12.7 Å². The highest BCUT2D eigenvalue weighted by Gasteiger charge is 2.18. The Morgan fingerprint density at radius 2 is 1.81 bits per heavy atom. The summed E-state index contributed by atoms with van der Waals surface area (Å²) in [6, 6.07) is 5.39. The fourth-order valence-electron chi connectivity index (χ4n) is 0.973. The largest absolute Gasteiger partial charge is 0.558 e. The molecule has 6 heteroatoms. The topological polar surface area (TPSA) is 26.3 Å². The van der Waals surface area contributed by atoms with Gasteiger partial charge in [0, 0.05) is 5.56 Å². The Hall–Kier alpha value is -1.90. The third-order valence-corrected chi connectivity index (χ3v) is 1.69. The second-order valence-electron chi connectivity index (χ2n) is 2.91. The van der Waals surface area contributed by atoms with Crippen LogP contribution in [0.3, 0.4) is 0 Å². The second-order valence-corrected chi connectivity index (χ2v) is 2.91. The number of methoxy groups -OCH3 is 1. The number of ether oxygens (including phenoxy) is 1. The number of hydrogen-bond acceptors (Lipinski definition) is 2. The van der Waals surface area contributed by atoms with Crippen molar-refractivity contribution in [1.29, 1.82) is 0 Å². The van der Waals surface area contributed by atoms with Gasteiger partial charge in [-0.25, -0.2) is 4.79 Å². The maximum Gasteiger partial charge on any atom is 0.558 e. The molecule has 84 valence electrons. The Bertz CT molecular complexity index is 440. The summed E-state index contributed by atoms with van der Waals surface area (Å²) in [5, 5.41) is 0. The number of rotatable bonds is 1. The molecule has 0 fully saturated rings. The summed E-state index contributed by atoms with van der Waals surface area (Å²) in [4.78, 5) is 11.0. The van der Waals surface area contributed by atoms with Crippen molar-refractivity contribution >= 4 is 12.9 Å². The van der Waals surface area contributed by atoms with Gasteiger partial charge in [-0.3, -0.25) is 0 Å². The molecule has 0 bridgehead atoms. The van der Waals surface area contributed by atoms with Crippen molar-refractivity contribution < 1.29 is 22.5 Å². The summed E-state index contributed by atoms with van der Waals surface area (Å²) < 4.78 is 39.9. The summed E-state index contributed by atoms with van der Waals surface area (Å²) in [6.45, 7) is -5.11. The smallest absolute Gasteiger partial charge is 0.465 e. The molecule has 16 heavy (non-hydrogen) atoms. The zero-order chi connectivity index (χ0) is 12.2. The van der Waals surface area contributed by atoms with Crippen molar-refractivity contribution in [3.63, 3.8) is 0 Å². The monoisotopic (exact) mass is 227 g/mol. The van der Waals surface area contributed by atoms with Crippen LogP contribution in [0.25, 0.3) is 0 Å². The van der Waals surface area contributed by atoms with Crippen LogP contribution in [-0.4, -0.2) is 20.1 Å². The molecule has 1 aromatic carbocycles. The minimum absolute atomic E-state index is 0.201. The first-order valence-corrected chi connectivity index (χ1v) is 4.33. The molecule has 1 rings (SSSR count). The van der Waals surface area contributed by atoms with Gasteiger partial charge in [-0.05, 0) is 24.3 Å². The Labute approximate surface area is 90.5 Å². The number of esters is 1. The van der Waals surface area contributed by atoms with E-state index in [4.69, 9.17) is 0 Å². The zero-order valence-electron chi connectivity index (χ0n) is 8.34. The highest BCUT2D eigenvalue weighted by atomic mass is 19.4. The summed E-state index contributed by atoms with van der Waals surface area (Å²) in [7, 11) is 1.22. The minimum atomic E-state index is -5.11. The first kappa shape index (κ1) is 12.2. The van der Waals surface area contributed by atoms with Gasteiger partial charge in [0.1, 0.15) is 0 Å². The lowest BCUT2D eigenvalue weighted by Crippen LogP contribution is -2.10. The lowest BCUT2D eigenvalue weighted by molar-refractivity contribution is 0.0600. The van der Waals surface area contributed by atoms with Crippen LogP contribution in [0.4, 0.5) is 12.9 Å². The molecule has 0 aliphatic rings. The summed E-state index contributed by atoms with van der Waals surface area (Å²) >= 11 is 0. The first-order valence-electron chi connectivity index (χ1n) is 4.33. The minimum Gasteiger partial charge on any atom is -0.465 e. The van der Waals surface area contributed by atoms with Crippen molar-refractivity contribution in [1.82, 2.24) is 0 Å². The van der Waals surface area contributed by atoms with Gasteiger partial charge in [-0.2, -0.15) is 5.82 Å². The molecule has 0 unspecified atom stereocenters. The van der Waals surface area contributed by atoms with Crippen LogP contribution < -0.4 is 0 Å². The third-order valence-electron chi connectivity index (χ3n) is 1.69. The number of carbonyl (C=O) groups excluding carboxylic acids is 1. The van der Waals surface area contributed by atoms with Crippen LogP contribution >= 0.6 is 0 Å². The van der Waals surface area contributed by atoms with E-state index in [1.807, 2.05) is 5.92 Å².